The molecule has 0 bridgehead atoms. The van der Waals surface area contributed by atoms with Gasteiger partial charge in [0.2, 0.25) is 0 Å². The average Bonchev–Trinajstić information content (AvgIpc) is 3.01. The zero-order chi connectivity index (χ0) is 21.7. The average molecular weight is 428 g/mol. The van der Waals surface area contributed by atoms with E-state index in [4.69, 9.17) is 21.1 Å². The van der Waals surface area contributed by atoms with Crippen molar-refractivity contribution in [1.82, 2.24) is 9.78 Å². The largest absolute Gasteiger partial charge is 0.495 e. The predicted octanol–water partition coefficient (Wildman–Crippen LogP) is 4.01. The van der Waals surface area contributed by atoms with E-state index in [-0.39, 0.29) is 0 Å². The van der Waals surface area contributed by atoms with Gasteiger partial charge >= 0.3 is 5.97 Å². The Bertz CT molecular complexity index is 1080. The van der Waals surface area contributed by atoms with Gasteiger partial charge in [0, 0.05) is 5.02 Å². The third-order valence-electron chi connectivity index (χ3n) is 4.58. The van der Waals surface area contributed by atoms with Crippen LogP contribution in [0.1, 0.15) is 27.3 Å². The van der Waals surface area contributed by atoms with E-state index in [1.165, 1.54) is 7.11 Å². The van der Waals surface area contributed by atoms with E-state index in [9.17, 15) is 9.59 Å². The molecule has 1 amide bonds. The molecule has 0 atom stereocenters. The highest BCUT2D eigenvalue weighted by atomic mass is 35.5. The molecule has 0 saturated carbocycles. The molecular formula is C22H22ClN3O4. The first-order valence-corrected chi connectivity index (χ1v) is 9.66. The van der Waals surface area contributed by atoms with Crippen LogP contribution in [0.4, 0.5) is 5.69 Å². The number of amides is 1. The minimum absolute atomic E-state index is 0.340. The van der Waals surface area contributed by atoms with Gasteiger partial charge in [0.1, 0.15) is 11.3 Å². The third-order valence-corrected chi connectivity index (χ3v) is 4.95. The number of hydrogen-bond acceptors (Lipinski definition) is 5. The lowest BCUT2D eigenvalue weighted by molar-refractivity contribution is -0.119. The number of carbonyl (C=O) groups is 2. The summed E-state index contributed by atoms with van der Waals surface area (Å²) in [5.41, 5.74) is 2.89. The molecule has 1 aromatic heterocycles. The molecule has 0 aliphatic carbocycles. The summed E-state index contributed by atoms with van der Waals surface area (Å²) in [6.07, 6.45) is 0. The van der Waals surface area contributed by atoms with E-state index in [1.54, 1.807) is 48.9 Å². The van der Waals surface area contributed by atoms with Crippen LogP contribution in [0.5, 0.6) is 5.75 Å². The molecule has 30 heavy (non-hydrogen) atoms. The van der Waals surface area contributed by atoms with Gasteiger partial charge in [0.25, 0.3) is 5.91 Å². The monoisotopic (exact) mass is 427 g/mol. The molecule has 0 radical (unpaired) electrons. The Hall–Kier alpha value is -3.32. The Morgan fingerprint density at radius 1 is 1.10 bits per heavy atom. The van der Waals surface area contributed by atoms with Crippen LogP contribution >= 0.6 is 11.6 Å². The first-order chi connectivity index (χ1) is 14.4. The van der Waals surface area contributed by atoms with Crippen LogP contribution in [0.15, 0.2) is 48.5 Å². The van der Waals surface area contributed by atoms with Crippen molar-refractivity contribution in [2.24, 2.45) is 0 Å². The Morgan fingerprint density at radius 3 is 2.53 bits per heavy atom. The van der Waals surface area contributed by atoms with Crippen molar-refractivity contribution < 1.29 is 19.1 Å². The maximum Gasteiger partial charge on any atom is 0.342 e. The van der Waals surface area contributed by atoms with Crippen molar-refractivity contribution in [3.8, 4) is 5.75 Å². The number of benzene rings is 2. The van der Waals surface area contributed by atoms with E-state index in [0.717, 1.165) is 5.56 Å². The molecule has 8 heteroatoms. The Labute approximate surface area is 179 Å². The van der Waals surface area contributed by atoms with Crippen molar-refractivity contribution in [1.29, 1.82) is 0 Å². The number of para-hydroxylation sites is 2. The van der Waals surface area contributed by atoms with Crippen LogP contribution in [0.25, 0.3) is 0 Å². The first-order valence-electron chi connectivity index (χ1n) is 9.28. The quantitative estimate of drug-likeness (QED) is 0.576. The van der Waals surface area contributed by atoms with Crippen LogP contribution in [0.3, 0.4) is 0 Å². The second-order valence-electron chi connectivity index (χ2n) is 6.62. The maximum atomic E-state index is 12.6. The molecule has 156 valence electrons. The lowest BCUT2D eigenvalue weighted by Crippen LogP contribution is -2.21. The van der Waals surface area contributed by atoms with Crippen molar-refractivity contribution in [3.05, 3.63) is 76.1 Å². The normalized spacial score (nSPS) is 10.5. The number of anilines is 1. The van der Waals surface area contributed by atoms with E-state index in [2.05, 4.69) is 10.4 Å². The van der Waals surface area contributed by atoms with Gasteiger partial charge in [-0.15, -0.1) is 0 Å². The van der Waals surface area contributed by atoms with E-state index in [0.29, 0.717) is 40.0 Å². The molecule has 3 rings (SSSR count). The molecule has 0 aliphatic rings. The van der Waals surface area contributed by atoms with Crippen molar-refractivity contribution >= 4 is 29.2 Å². The highest BCUT2D eigenvalue weighted by molar-refractivity contribution is 6.31. The molecule has 3 aromatic rings. The molecule has 0 fully saturated rings. The molecule has 2 aromatic carbocycles. The van der Waals surface area contributed by atoms with Crippen LogP contribution in [0, 0.1) is 13.8 Å². The number of nitrogens with zero attached hydrogens (tertiary/aromatic N) is 2. The number of halogens is 1. The standard InChI is InChI=1S/C22H22ClN3O4/c1-14-21(15(2)26(25-14)12-16-8-4-5-9-17(16)23)22(28)30-13-20(27)24-18-10-6-7-11-19(18)29-3/h4-11H,12-13H2,1-3H3,(H,24,27). The number of aryl methyl sites for hydroxylation is 1. The first kappa shape index (κ1) is 21.4. The molecule has 0 saturated heterocycles. The van der Waals surface area contributed by atoms with Crippen LogP contribution in [-0.2, 0) is 16.1 Å². The van der Waals surface area contributed by atoms with E-state index < -0.39 is 18.5 Å². The second kappa shape index (κ2) is 9.45. The third kappa shape index (κ3) is 4.80. The van der Waals surface area contributed by atoms with Crippen molar-refractivity contribution in [2.75, 3.05) is 19.0 Å². The van der Waals surface area contributed by atoms with Gasteiger partial charge in [-0.05, 0) is 37.6 Å². The summed E-state index contributed by atoms with van der Waals surface area (Å²) >= 11 is 6.22. The topological polar surface area (TPSA) is 82.4 Å². The summed E-state index contributed by atoms with van der Waals surface area (Å²) in [4.78, 5) is 24.8. The van der Waals surface area contributed by atoms with Crippen LogP contribution < -0.4 is 10.1 Å². The number of ether oxygens (including phenoxy) is 2. The zero-order valence-electron chi connectivity index (χ0n) is 16.9. The minimum atomic E-state index is -0.606. The number of aromatic nitrogens is 2. The second-order valence-corrected chi connectivity index (χ2v) is 7.03. The summed E-state index contributed by atoms with van der Waals surface area (Å²) in [5, 5.41) is 7.72. The smallest absolute Gasteiger partial charge is 0.342 e. The number of esters is 1. The number of carbonyl (C=O) groups excluding carboxylic acids is 2. The lowest BCUT2D eigenvalue weighted by atomic mass is 10.2. The van der Waals surface area contributed by atoms with Gasteiger partial charge in [-0.3, -0.25) is 9.48 Å². The maximum absolute atomic E-state index is 12.6. The summed E-state index contributed by atoms with van der Waals surface area (Å²) < 4.78 is 12.1. The van der Waals surface area contributed by atoms with Gasteiger partial charge in [-0.1, -0.05) is 41.9 Å². The Morgan fingerprint density at radius 2 is 1.80 bits per heavy atom. The number of nitrogens with one attached hydrogen (secondary N) is 1. The number of methoxy groups -OCH3 is 1. The summed E-state index contributed by atoms with van der Waals surface area (Å²) in [7, 11) is 1.51. The highest BCUT2D eigenvalue weighted by Gasteiger charge is 2.21. The summed E-state index contributed by atoms with van der Waals surface area (Å²) in [5.74, 6) is -0.554. The zero-order valence-corrected chi connectivity index (χ0v) is 17.7. The summed E-state index contributed by atoms with van der Waals surface area (Å²) in [6, 6.07) is 14.4. The van der Waals surface area contributed by atoms with Crippen LogP contribution in [-0.4, -0.2) is 35.4 Å². The predicted molar refractivity (Wildman–Crippen MR) is 114 cm³/mol. The molecule has 1 N–H and O–H groups in total. The van der Waals surface area contributed by atoms with Gasteiger partial charge in [0.05, 0.1) is 30.7 Å². The SMILES string of the molecule is COc1ccccc1NC(=O)COC(=O)c1c(C)nn(Cc2ccccc2Cl)c1C. The van der Waals surface area contributed by atoms with Crippen molar-refractivity contribution in [2.45, 2.75) is 20.4 Å². The van der Waals surface area contributed by atoms with Crippen molar-refractivity contribution in [3.63, 3.8) is 0 Å². The van der Waals surface area contributed by atoms with E-state index >= 15 is 0 Å². The fraction of sp³-hybridized carbons (Fsp3) is 0.227. The van der Waals surface area contributed by atoms with Gasteiger partial charge in [-0.2, -0.15) is 5.10 Å². The highest BCUT2D eigenvalue weighted by Crippen LogP contribution is 2.23. The number of hydrogen-bond donors (Lipinski definition) is 1. The fourth-order valence-corrected chi connectivity index (χ4v) is 3.27. The van der Waals surface area contributed by atoms with Gasteiger partial charge in [0.15, 0.2) is 6.61 Å². The Balaban J connectivity index is 1.66. The molecule has 7 nitrogen and oxygen atoms in total. The van der Waals surface area contributed by atoms with Crippen LogP contribution in [0.2, 0.25) is 5.02 Å². The fourth-order valence-electron chi connectivity index (χ4n) is 3.07. The number of rotatable bonds is 7. The minimum Gasteiger partial charge on any atom is -0.495 e. The van der Waals surface area contributed by atoms with Gasteiger partial charge < -0.3 is 14.8 Å². The molecular weight excluding hydrogens is 406 g/mol. The summed E-state index contributed by atoms with van der Waals surface area (Å²) in [6.45, 7) is 3.50. The molecule has 0 unspecified atom stereocenters. The molecule has 1 heterocycles. The molecule has 0 aliphatic heterocycles. The lowest BCUT2D eigenvalue weighted by Gasteiger charge is -2.10. The molecule has 0 spiro atoms. The Kier molecular flexibility index (Phi) is 6.74. The van der Waals surface area contributed by atoms with E-state index in [1.807, 2.05) is 18.2 Å². The van der Waals surface area contributed by atoms with Gasteiger partial charge in [-0.25, -0.2) is 4.79 Å².